The lowest BCUT2D eigenvalue weighted by atomic mass is 10.0. The Morgan fingerprint density at radius 1 is 1.20 bits per heavy atom. The van der Waals surface area contributed by atoms with Gasteiger partial charge in [0, 0.05) is 25.7 Å². The fourth-order valence-corrected chi connectivity index (χ4v) is 3.46. The Balaban J connectivity index is 1.35. The molecule has 2 aromatic rings. The third-order valence-electron chi connectivity index (χ3n) is 5.02. The third kappa shape index (κ3) is 6.36. The highest BCUT2D eigenvalue weighted by molar-refractivity contribution is 5.67. The predicted molar refractivity (Wildman–Crippen MR) is 116 cm³/mol. The maximum atomic E-state index is 11.6. The molecule has 1 atom stereocenters. The van der Waals surface area contributed by atoms with Crippen LogP contribution in [0, 0.1) is 11.3 Å². The van der Waals surface area contributed by atoms with Gasteiger partial charge in [-0.3, -0.25) is 0 Å². The number of hydrogen-bond donors (Lipinski definition) is 1. The molecule has 0 aromatic heterocycles. The van der Waals surface area contributed by atoms with Crippen LogP contribution in [-0.2, 0) is 4.74 Å². The van der Waals surface area contributed by atoms with E-state index in [2.05, 4.69) is 22.9 Å². The number of likely N-dealkylation sites (tertiary alicyclic amines) is 1. The van der Waals surface area contributed by atoms with Crippen molar-refractivity contribution in [3.8, 4) is 22.9 Å². The lowest BCUT2D eigenvalue weighted by Gasteiger charge is -2.16. The van der Waals surface area contributed by atoms with Crippen molar-refractivity contribution in [3.63, 3.8) is 0 Å². The first-order chi connectivity index (χ1) is 14.7. The second kappa shape index (κ2) is 11.0. The van der Waals surface area contributed by atoms with Crippen LogP contribution in [0.3, 0.4) is 0 Å². The molecule has 1 aliphatic rings. The van der Waals surface area contributed by atoms with Gasteiger partial charge in [0.2, 0.25) is 0 Å². The first kappa shape index (κ1) is 21.4. The van der Waals surface area contributed by atoms with E-state index < -0.39 is 0 Å². The van der Waals surface area contributed by atoms with Crippen molar-refractivity contribution in [1.82, 2.24) is 10.2 Å². The van der Waals surface area contributed by atoms with Crippen molar-refractivity contribution in [2.45, 2.75) is 18.9 Å². The Morgan fingerprint density at radius 2 is 1.90 bits per heavy atom. The number of carbonyl (C=O) groups excluding carboxylic acids is 1. The van der Waals surface area contributed by atoms with Gasteiger partial charge < -0.3 is 19.7 Å². The average molecular weight is 405 g/mol. The van der Waals surface area contributed by atoms with Gasteiger partial charge in [-0.2, -0.15) is 5.26 Å². The standard InChI is InChI=1S/C24H27N3O3/c1-2-15-30-24(28)26-22-12-14-27(18-22)13-3-16-29-23-10-8-21(9-11-23)20-6-4-19(17-25)5-7-20/h2,4-11,22H,1,3,12-16,18H2,(H,26,28)/t22-/m1/s1. The maximum Gasteiger partial charge on any atom is 0.407 e. The molecule has 30 heavy (non-hydrogen) atoms. The summed E-state index contributed by atoms with van der Waals surface area (Å²) in [5.74, 6) is 0.846. The number of ether oxygens (including phenoxy) is 2. The van der Waals surface area contributed by atoms with E-state index >= 15 is 0 Å². The summed E-state index contributed by atoms with van der Waals surface area (Å²) in [4.78, 5) is 13.9. The van der Waals surface area contributed by atoms with Crippen LogP contribution < -0.4 is 10.1 Å². The molecule has 1 heterocycles. The summed E-state index contributed by atoms with van der Waals surface area (Å²) in [5, 5.41) is 11.8. The largest absolute Gasteiger partial charge is 0.494 e. The Kier molecular flexibility index (Phi) is 7.87. The molecule has 0 unspecified atom stereocenters. The van der Waals surface area contributed by atoms with Crippen LogP contribution in [0.25, 0.3) is 11.1 Å². The predicted octanol–water partition coefficient (Wildman–Crippen LogP) is 3.98. The summed E-state index contributed by atoms with van der Waals surface area (Å²) in [6.45, 7) is 7.14. The zero-order valence-electron chi connectivity index (χ0n) is 17.0. The van der Waals surface area contributed by atoms with E-state index in [-0.39, 0.29) is 18.7 Å². The van der Waals surface area contributed by atoms with E-state index in [1.54, 1.807) is 6.08 Å². The Morgan fingerprint density at radius 3 is 2.57 bits per heavy atom. The van der Waals surface area contributed by atoms with Gasteiger partial charge in [-0.05, 0) is 48.2 Å². The molecule has 0 bridgehead atoms. The molecule has 6 heteroatoms. The molecule has 1 amide bonds. The molecular formula is C24H27N3O3. The molecule has 1 aliphatic heterocycles. The van der Waals surface area contributed by atoms with E-state index in [1.807, 2.05) is 48.5 Å². The Bertz CT molecular complexity index is 872. The van der Waals surface area contributed by atoms with Gasteiger partial charge in [0.25, 0.3) is 0 Å². The molecule has 0 saturated carbocycles. The minimum atomic E-state index is -0.380. The monoisotopic (exact) mass is 405 g/mol. The van der Waals surface area contributed by atoms with Crippen LogP contribution in [0.5, 0.6) is 5.75 Å². The van der Waals surface area contributed by atoms with Crippen molar-refractivity contribution >= 4 is 6.09 Å². The molecule has 1 saturated heterocycles. The van der Waals surface area contributed by atoms with Crippen LogP contribution in [0.15, 0.2) is 61.2 Å². The zero-order chi connectivity index (χ0) is 21.2. The van der Waals surface area contributed by atoms with Crippen LogP contribution in [0.1, 0.15) is 18.4 Å². The number of alkyl carbamates (subject to hydrolysis) is 1. The highest BCUT2D eigenvalue weighted by atomic mass is 16.5. The number of carbonyl (C=O) groups is 1. The molecule has 1 N–H and O–H groups in total. The molecule has 6 nitrogen and oxygen atoms in total. The van der Waals surface area contributed by atoms with Gasteiger partial charge in [0.05, 0.1) is 18.2 Å². The van der Waals surface area contributed by atoms with E-state index in [0.717, 1.165) is 49.4 Å². The molecular weight excluding hydrogens is 378 g/mol. The van der Waals surface area contributed by atoms with E-state index in [4.69, 9.17) is 14.7 Å². The normalized spacial score (nSPS) is 15.9. The summed E-state index contributed by atoms with van der Waals surface area (Å²) >= 11 is 0. The number of nitrogens with one attached hydrogen (secondary N) is 1. The van der Waals surface area contributed by atoms with Crippen molar-refractivity contribution in [1.29, 1.82) is 5.26 Å². The van der Waals surface area contributed by atoms with Gasteiger partial charge in [-0.25, -0.2) is 4.79 Å². The SMILES string of the molecule is C=CCOC(=O)N[C@@H]1CCN(CCCOc2ccc(-c3ccc(C#N)cc3)cc2)C1. The van der Waals surface area contributed by atoms with E-state index in [9.17, 15) is 4.79 Å². The highest BCUT2D eigenvalue weighted by Crippen LogP contribution is 2.23. The second-order valence-corrected chi connectivity index (χ2v) is 7.23. The molecule has 2 aromatic carbocycles. The molecule has 0 spiro atoms. The minimum absolute atomic E-state index is 0.137. The summed E-state index contributed by atoms with van der Waals surface area (Å²) in [5.41, 5.74) is 2.83. The fourth-order valence-electron chi connectivity index (χ4n) is 3.46. The molecule has 1 fully saturated rings. The molecule has 0 aliphatic carbocycles. The topological polar surface area (TPSA) is 74.6 Å². The van der Waals surface area contributed by atoms with Crippen molar-refractivity contribution in [2.75, 3.05) is 32.8 Å². The number of nitriles is 1. The van der Waals surface area contributed by atoms with Crippen LogP contribution in [-0.4, -0.2) is 49.9 Å². The summed E-state index contributed by atoms with van der Waals surface area (Å²) in [6.07, 6.45) is 3.03. The summed E-state index contributed by atoms with van der Waals surface area (Å²) < 4.78 is 10.8. The van der Waals surface area contributed by atoms with E-state index in [0.29, 0.717) is 12.2 Å². The first-order valence-corrected chi connectivity index (χ1v) is 10.2. The Hall–Kier alpha value is -3.30. The number of nitrogens with zero attached hydrogens (tertiary/aromatic N) is 2. The smallest absolute Gasteiger partial charge is 0.407 e. The quantitative estimate of drug-likeness (QED) is 0.505. The van der Waals surface area contributed by atoms with Gasteiger partial charge >= 0.3 is 6.09 Å². The van der Waals surface area contributed by atoms with Crippen LogP contribution in [0.4, 0.5) is 4.79 Å². The van der Waals surface area contributed by atoms with Gasteiger partial charge in [-0.1, -0.05) is 36.9 Å². The summed E-state index contributed by atoms with van der Waals surface area (Å²) in [6, 6.07) is 17.8. The molecule has 3 rings (SSSR count). The van der Waals surface area contributed by atoms with Crippen LogP contribution >= 0.6 is 0 Å². The zero-order valence-corrected chi connectivity index (χ0v) is 17.0. The van der Waals surface area contributed by atoms with Gasteiger partial charge in [0.1, 0.15) is 12.4 Å². The maximum absolute atomic E-state index is 11.6. The number of benzene rings is 2. The third-order valence-corrected chi connectivity index (χ3v) is 5.02. The lowest BCUT2D eigenvalue weighted by molar-refractivity contribution is 0.154. The van der Waals surface area contributed by atoms with Crippen molar-refractivity contribution in [2.24, 2.45) is 0 Å². The van der Waals surface area contributed by atoms with Gasteiger partial charge in [0.15, 0.2) is 0 Å². The minimum Gasteiger partial charge on any atom is -0.494 e. The molecule has 156 valence electrons. The van der Waals surface area contributed by atoms with E-state index in [1.165, 1.54) is 0 Å². The lowest BCUT2D eigenvalue weighted by Crippen LogP contribution is -2.37. The summed E-state index contributed by atoms with van der Waals surface area (Å²) in [7, 11) is 0. The highest BCUT2D eigenvalue weighted by Gasteiger charge is 2.23. The van der Waals surface area contributed by atoms with Crippen molar-refractivity contribution in [3.05, 3.63) is 66.7 Å². The van der Waals surface area contributed by atoms with Crippen molar-refractivity contribution < 1.29 is 14.3 Å². The number of rotatable bonds is 9. The molecule has 0 radical (unpaired) electrons. The Labute approximate surface area is 177 Å². The second-order valence-electron chi connectivity index (χ2n) is 7.23. The fraction of sp³-hybridized carbons (Fsp3) is 0.333. The number of hydrogen-bond acceptors (Lipinski definition) is 5. The number of amides is 1. The van der Waals surface area contributed by atoms with Crippen LogP contribution in [0.2, 0.25) is 0 Å². The first-order valence-electron chi connectivity index (χ1n) is 10.2. The average Bonchev–Trinajstić information content (AvgIpc) is 3.23. The van der Waals surface area contributed by atoms with Gasteiger partial charge in [-0.15, -0.1) is 0 Å².